The van der Waals surface area contributed by atoms with E-state index >= 15 is 0 Å². The van der Waals surface area contributed by atoms with Crippen LogP contribution in [0.3, 0.4) is 0 Å². The zero-order chi connectivity index (χ0) is 20.0. The predicted octanol–water partition coefficient (Wildman–Crippen LogP) is 5.34. The SMILES string of the molecule is CCOC(=O)/C(C#N)=C\c1ccc(OC(=O)c2cc(Cl)c(Cl)cc2Cl)cc1. The lowest BCUT2D eigenvalue weighted by atomic mass is 10.1. The Labute approximate surface area is 170 Å². The average molecular weight is 425 g/mol. The van der Waals surface area contributed by atoms with Gasteiger partial charge in [0.1, 0.15) is 17.4 Å². The maximum atomic E-state index is 12.2. The molecule has 27 heavy (non-hydrogen) atoms. The minimum Gasteiger partial charge on any atom is -0.462 e. The molecule has 0 heterocycles. The zero-order valence-corrected chi connectivity index (χ0v) is 16.2. The molecule has 0 fully saturated rings. The molecule has 5 nitrogen and oxygen atoms in total. The van der Waals surface area contributed by atoms with Crippen LogP contribution < -0.4 is 4.74 Å². The van der Waals surface area contributed by atoms with Gasteiger partial charge in [-0.05, 0) is 42.8 Å². The number of carbonyl (C=O) groups excluding carboxylic acids is 2. The Bertz CT molecular complexity index is 947. The lowest BCUT2D eigenvalue weighted by Gasteiger charge is -2.07. The molecule has 0 unspecified atom stereocenters. The van der Waals surface area contributed by atoms with Gasteiger partial charge in [0.25, 0.3) is 0 Å². The highest BCUT2D eigenvalue weighted by Crippen LogP contribution is 2.29. The van der Waals surface area contributed by atoms with Gasteiger partial charge in [0.05, 0.1) is 27.2 Å². The summed E-state index contributed by atoms with van der Waals surface area (Å²) in [5.41, 5.74) is 0.500. The quantitative estimate of drug-likeness (QED) is 0.213. The standard InChI is InChI=1S/C19H12Cl3NO4/c1-2-26-18(24)12(10-23)7-11-3-5-13(6-4-11)27-19(25)14-8-16(21)17(22)9-15(14)20/h3-9H,2H2,1H3/b12-7-. The summed E-state index contributed by atoms with van der Waals surface area (Å²) in [6.07, 6.45) is 1.37. The summed E-state index contributed by atoms with van der Waals surface area (Å²) in [5.74, 6) is -1.16. The Hall–Kier alpha value is -2.52. The van der Waals surface area contributed by atoms with E-state index in [0.717, 1.165) is 0 Å². The van der Waals surface area contributed by atoms with Crippen molar-refractivity contribution < 1.29 is 19.1 Å². The van der Waals surface area contributed by atoms with Gasteiger partial charge in [-0.2, -0.15) is 5.26 Å². The van der Waals surface area contributed by atoms with Crippen molar-refractivity contribution in [3.05, 3.63) is 68.2 Å². The van der Waals surface area contributed by atoms with Gasteiger partial charge in [-0.1, -0.05) is 46.9 Å². The number of hydrogen-bond acceptors (Lipinski definition) is 5. The molecule has 0 amide bonds. The molecular weight excluding hydrogens is 413 g/mol. The van der Waals surface area contributed by atoms with E-state index in [1.165, 1.54) is 30.3 Å². The molecule has 0 bridgehead atoms. The van der Waals surface area contributed by atoms with Crippen LogP contribution in [0.15, 0.2) is 42.0 Å². The first-order valence-corrected chi connectivity index (χ1v) is 8.74. The molecule has 0 spiro atoms. The summed E-state index contributed by atoms with van der Waals surface area (Å²) in [6.45, 7) is 1.82. The van der Waals surface area contributed by atoms with Gasteiger partial charge in [-0.15, -0.1) is 0 Å². The number of ether oxygens (including phenoxy) is 2. The lowest BCUT2D eigenvalue weighted by molar-refractivity contribution is -0.137. The number of esters is 2. The molecule has 0 atom stereocenters. The van der Waals surface area contributed by atoms with Crippen molar-refractivity contribution >= 4 is 52.8 Å². The molecule has 2 rings (SSSR count). The first-order valence-electron chi connectivity index (χ1n) is 7.61. The zero-order valence-electron chi connectivity index (χ0n) is 14.0. The Morgan fingerprint density at radius 3 is 2.30 bits per heavy atom. The minimum absolute atomic E-state index is 0.0733. The van der Waals surface area contributed by atoms with Gasteiger partial charge in [0.2, 0.25) is 0 Å². The van der Waals surface area contributed by atoms with Crippen molar-refractivity contribution in [1.29, 1.82) is 5.26 Å². The summed E-state index contributed by atoms with van der Waals surface area (Å²) in [6, 6.07) is 10.6. The maximum Gasteiger partial charge on any atom is 0.348 e. The second kappa shape index (κ2) is 9.43. The molecule has 0 radical (unpaired) electrons. The number of nitrogens with zero attached hydrogens (tertiary/aromatic N) is 1. The first kappa shape index (κ1) is 20.8. The van der Waals surface area contributed by atoms with Gasteiger partial charge in [-0.3, -0.25) is 0 Å². The van der Waals surface area contributed by atoms with Crippen LogP contribution in [0.2, 0.25) is 15.1 Å². The Morgan fingerprint density at radius 1 is 1.07 bits per heavy atom. The lowest BCUT2D eigenvalue weighted by Crippen LogP contribution is -2.09. The van der Waals surface area contributed by atoms with Crippen molar-refractivity contribution in [1.82, 2.24) is 0 Å². The van der Waals surface area contributed by atoms with Crippen LogP contribution in [0.1, 0.15) is 22.8 Å². The summed E-state index contributed by atoms with van der Waals surface area (Å²) in [7, 11) is 0. The van der Waals surface area contributed by atoms with E-state index in [0.29, 0.717) is 5.56 Å². The van der Waals surface area contributed by atoms with Gasteiger partial charge in [0, 0.05) is 0 Å². The van der Waals surface area contributed by atoms with E-state index in [-0.39, 0.29) is 38.6 Å². The fourth-order valence-electron chi connectivity index (χ4n) is 1.99. The van der Waals surface area contributed by atoms with Crippen molar-refractivity contribution in [3.8, 4) is 11.8 Å². The molecule has 0 saturated heterocycles. The number of carbonyl (C=O) groups is 2. The molecular formula is C19H12Cl3NO4. The number of halogens is 3. The highest BCUT2D eigenvalue weighted by molar-refractivity contribution is 6.44. The number of rotatable bonds is 5. The number of hydrogen-bond donors (Lipinski definition) is 0. The van der Waals surface area contributed by atoms with Crippen molar-refractivity contribution in [2.24, 2.45) is 0 Å². The third-order valence-corrected chi connectivity index (χ3v) is 4.28. The van der Waals surface area contributed by atoms with E-state index in [1.807, 2.05) is 0 Å². The van der Waals surface area contributed by atoms with E-state index in [9.17, 15) is 9.59 Å². The van der Waals surface area contributed by atoms with Crippen LogP contribution >= 0.6 is 34.8 Å². The third kappa shape index (κ3) is 5.48. The number of nitriles is 1. The Kier molecular flexibility index (Phi) is 7.26. The average Bonchev–Trinajstić information content (AvgIpc) is 2.64. The molecule has 2 aromatic rings. The molecule has 0 N–H and O–H groups in total. The normalized spacial score (nSPS) is 10.9. The Morgan fingerprint density at radius 2 is 1.70 bits per heavy atom. The van der Waals surface area contributed by atoms with Crippen LogP contribution in [-0.2, 0) is 9.53 Å². The van der Waals surface area contributed by atoms with Gasteiger partial charge < -0.3 is 9.47 Å². The monoisotopic (exact) mass is 423 g/mol. The molecule has 0 aliphatic heterocycles. The highest BCUT2D eigenvalue weighted by Gasteiger charge is 2.16. The second-order valence-electron chi connectivity index (χ2n) is 5.10. The highest BCUT2D eigenvalue weighted by atomic mass is 35.5. The van der Waals surface area contributed by atoms with Crippen LogP contribution in [0, 0.1) is 11.3 Å². The molecule has 0 aliphatic rings. The van der Waals surface area contributed by atoms with E-state index in [4.69, 9.17) is 49.5 Å². The fourth-order valence-corrected chi connectivity index (χ4v) is 2.61. The van der Waals surface area contributed by atoms with E-state index in [2.05, 4.69) is 0 Å². The van der Waals surface area contributed by atoms with E-state index in [1.54, 1.807) is 25.1 Å². The van der Waals surface area contributed by atoms with Crippen LogP contribution in [0.25, 0.3) is 6.08 Å². The predicted molar refractivity (Wildman–Crippen MR) is 103 cm³/mol. The van der Waals surface area contributed by atoms with Gasteiger partial charge in [-0.25, -0.2) is 9.59 Å². The maximum absolute atomic E-state index is 12.2. The van der Waals surface area contributed by atoms with Crippen LogP contribution in [-0.4, -0.2) is 18.5 Å². The molecule has 8 heteroatoms. The van der Waals surface area contributed by atoms with Crippen LogP contribution in [0.5, 0.6) is 5.75 Å². The molecule has 138 valence electrons. The molecule has 0 saturated carbocycles. The summed E-state index contributed by atoms with van der Waals surface area (Å²) >= 11 is 17.7. The molecule has 0 aliphatic carbocycles. The summed E-state index contributed by atoms with van der Waals surface area (Å²) in [5, 5.41) is 9.55. The molecule has 2 aromatic carbocycles. The topological polar surface area (TPSA) is 76.4 Å². The summed E-state index contributed by atoms with van der Waals surface area (Å²) in [4.78, 5) is 23.9. The van der Waals surface area contributed by atoms with Gasteiger partial charge >= 0.3 is 11.9 Å². The third-order valence-electron chi connectivity index (χ3n) is 3.25. The van der Waals surface area contributed by atoms with Gasteiger partial charge in [0.15, 0.2) is 0 Å². The first-order chi connectivity index (χ1) is 12.8. The van der Waals surface area contributed by atoms with Crippen molar-refractivity contribution in [2.45, 2.75) is 6.92 Å². The smallest absolute Gasteiger partial charge is 0.348 e. The second-order valence-corrected chi connectivity index (χ2v) is 6.32. The van der Waals surface area contributed by atoms with Crippen molar-refractivity contribution in [2.75, 3.05) is 6.61 Å². The van der Waals surface area contributed by atoms with E-state index < -0.39 is 11.9 Å². The fraction of sp³-hybridized carbons (Fsp3) is 0.105. The Balaban J connectivity index is 2.16. The number of benzene rings is 2. The molecule has 0 aromatic heterocycles. The largest absolute Gasteiger partial charge is 0.462 e. The minimum atomic E-state index is -0.704. The van der Waals surface area contributed by atoms with Crippen LogP contribution in [0.4, 0.5) is 0 Å². The summed E-state index contributed by atoms with van der Waals surface area (Å²) < 4.78 is 10.0. The van der Waals surface area contributed by atoms with Crippen molar-refractivity contribution in [3.63, 3.8) is 0 Å².